The van der Waals surface area contributed by atoms with E-state index in [-0.39, 0.29) is 0 Å². The fraction of sp³-hybridized carbons (Fsp3) is 0.545. The third-order valence-corrected chi connectivity index (χ3v) is 2.51. The van der Waals surface area contributed by atoms with E-state index < -0.39 is 0 Å². The Labute approximate surface area is 85.9 Å². The molecule has 0 radical (unpaired) electrons. The molecule has 1 atom stereocenters. The average Bonchev–Trinajstić information content (AvgIpc) is 2.17. The molecule has 0 aliphatic carbocycles. The summed E-state index contributed by atoms with van der Waals surface area (Å²) in [4.78, 5) is 6.49. The standard InChI is InChI=1S/C11H19N3/c1-9-5-7-13-11(8-9)14(3)10(2)4-6-12/h5,7-8,10H,4,6,12H2,1-3H3. The first-order valence-corrected chi connectivity index (χ1v) is 5.00. The molecule has 3 heteroatoms. The van der Waals surface area contributed by atoms with Crippen molar-refractivity contribution in [1.82, 2.24) is 4.98 Å². The molecule has 1 heterocycles. The molecule has 1 unspecified atom stereocenters. The van der Waals surface area contributed by atoms with Gasteiger partial charge in [-0.1, -0.05) is 0 Å². The Kier molecular flexibility index (Phi) is 3.89. The first-order chi connectivity index (χ1) is 6.65. The van der Waals surface area contributed by atoms with Gasteiger partial charge in [-0.05, 0) is 44.5 Å². The van der Waals surface area contributed by atoms with Crippen molar-refractivity contribution in [2.75, 3.05) is 18.5 Å². The summed E-state index contributed by atoms with van der Waals surface area (Å²) >= 11 is 0. The van der Waals surface area contributed by atoms with Gasteiger partial charge in [0.15, 0.2) is 0 Å². The lowest BCUT2D eigenvalue weighted by Gasteiger charge is -2.25. The fourth-order valence-corrected chi connectivity index (χ4v) is 1.37. The van der Waals surface area contributed by atoms with E-state index in [1.165, 1.54) is 5.56 Å². The van der Waals surface area contributed by atoms with Gasteiger partial charge in [-0.3, -0.25) is 0 Å². The monoisotopic (exact) mass is 193 g/mol. The molecule has 1 rings (SSSR count). The number of nitrogens with zero attached hydrogens (tertiary/aromatic N) is 2. The molecule has 2 N–H and O–H groups in total. The molecule has 0 saturated carbocycles. The third-order valence-electron chi connectivity index (χ3n) is 2.51. The van der Waals surface area contributed by atoms with Crippen LogP contribution in [-0.2, 0) is 0 Å². The van der Waals surface area contributed by atoms with Crippen LogP contribution in [0.4, 0.5) is 5.82 Å². The second kappa shape index (κ2) is 4.96. The molecule has 0 aromatic carbocycles. The van der Waals surface area contributed by atoms with Crippen molar-refractivity contribution >= 4 is 5.82 Å². The highest BCUT2D eigenvalue weighted by atomic mass is 15.2. The molecule has 1 aromatic rings. The summed E-state index contributed by atoms with van der Waals surface area (Å²) < 4.78 is 0. The number of anilines is 1. The highest BCUT2D eigenvalue weighted by molar-refractivity contribution is 5.40. The van der Waals surface area contributed by atoms with E-state index in [9.17, 15) is 0 Å². The molecule has 0 saturated heterocycles. The second-order valence-corrected chi connectivity index (χ2v) is 3.73. The van der Waals surface area contributed by atoms with E-state index >= 15 is 0 Å². The molecule has 78 valence electrons. The summed E-state index contributed by atoms with van der Waals surface area (Å²) in [5.41, 5.74) is 6.77. The SMILES string of the molecule is Cc1ccnc(N(C)C(C)CCN)c1. The number of nitrogens with two attached hydrogens (primary N) is 1. The largest absolute Gasteiger partial charge is 0.357 e. The summed E-state index contributed by atoms with van der Waals surface area (Å²) in [5.74, 6) is 1.02. The molecule has 1 aromatic heterocycles. The van der Waals surface area contributed by atoms with Gasteiger partial charge in [0.2, 0.25) is 0 Å². The van der Waals surface area contributed by atoms with Crippen molar-refractivity contribution in [3.8, 4) is 0 Å². The lowest BCUT2D eigenvalue weighted by atomic mass is 10.2. The van der Waals surface area contributed by atoms with Crippen LogP contribution in [0.2, 0.25) is 0 Å². The summed E-state index contributed by atoms with van der Waals surface area (Å²) in [7, 11) is 2.06. The van der Waals surface area contributed by atoms with Crippen LogP contribution in [0.15, 0.2) is 18.3 Å². The summed E-state index contributed by atoms with van der Waals surface area (Å²) in [6.45, 7) is 4.96. The van der Waals surface area contributed by atoms with Crippen LogP contribution in [-0.4, -0.2) is 24.6 Å². The second-order valence-electron chi connectivity index (χ2n) is 3.73. The minimum atomic E-state index is 0.439. The molecular weight excluding hydrogens is 174 g/mol. The van der Waals surface area contributed by atoms with Gasteiger partial charge < -0.3 is 10.6 Å². The Morgan fingerprint density at radius 3 is 2.86 bits per heavy atom. The van der Waals surface area contributed by atoms with Gasteiger partial charge in [0, 0.05) is 19.3 Å². The van der Waals surface area contributed by atoms with E-state index in [0.29, 0.717) is 6.04 Å². The number of aryl methyl sites for hydroxylation is 1. The number of hydrogen-bond donors (Lipinski definition) is 1. The maximum absolute atomic E-state index is 5.53. The maximum atomic E-state index is 5.53. The van der Waals surface area contributed by atoms with Crippen molar-refractivity contribution < 1.29 is 0 Å². The van der Waals surface area contributed by atoms with Crippen molar-refractivity contribution in [2.24, 2.45) is 5.73 Å². The van der Waals surface area contributed by atoms with Crippen molar-refractivity contribution in [2.45, 2.75) is 26.3 Å². The molecular formula is C11H19N3. The van der Waals surface area contributed by atoms with Gasteiger partial charge in [-0.2, -0.15) is 0 Å². The number of aromatic nitrogens is 1. The Morgan fingerprint density at radius 2 is 2.29 bits per heavy atom. The first kappa shape index (κ1) is 11.0. The van der Waals surface area contributed by atoms with Crippen LogP contribution in [0.3, 0.4) is 0 Å². The highest BCUT2D eigenvalue weighted by Gasteiger charge is 2.09. The average molecular weight is 193 g/mol. The quantitative estimate of drug-likeness (QED) is 0.789. The minimum Gasteiger partial charge on any atom is -0.357 e. The predicted octanol–water partition coefficient (Wildman–Crippen LogP) is 1.56. The van der Waals surface area contributed by atoms with Crippen LogP contribution < -0.4 is 10.6 Å². The van der Waals surface area contributed by atoms with Crippen molar-refractivity contribution in [1.29, 1.82) is 0 Å². The highest BCUT2D eigenvalue weighted by Crippen LogP contribution is 2.14. The van der Waals surface area contributed by atoms with Gasteiger partial charge in [-0.15, -0.1) is 0 Å². The van der Waals surface area contributed by atoms with Crippen LogP contribution in [0, 0.1) is 6.92 Å². The molecule has 0 amide bonds. The molecule has 0 aliphatic rings. The molecule has 3 nitrogen and oxygen atoms in total. The molecule has 0 bridgehead atoms. The van der Waals surface area contributed by atoms with Crippen molar-refractivity contribution in [3.63, 3.8) is 0 Å². The van der Waals surface area contributed by atoms with Crippen molar-refractivity contribution in [3.05, 3.63) is 23.9 Å². The van der Waals surface area contributed by atoms with E-state index in [0.717, 1.165) is 18.8 Å². The smallest absolute Gasteiger partial charge is 0.128 e. The molecule has 0 fully saturated rings. The fourth-order valence-electron chi connectivity index (χ4n) is 1.37. The van der Waals surface area contributed by atoms with Crippen LogP contribution in [0.5, 0.6) is 0 Å². The Morgan fingerprint density at radius 1 is 1.57 bits per heavy atom. The Hall–Kier alpha value is -1.09. The van der Waals surface area contributed by atoms with Gasteiger partial charge in [0.1, 0.15) is 5.82 Å². The zero-order valence-corrected chi connectivity index (χ0v) is 9.20. The summed E-state index contributed by atoms with van der Waals surface area (Å²) in [6, 6.07) is 4.53. The van der Waals surface area contributed by atoms with Crippen LogP contribution in [0.1, 0.15) is 18.9 Å². The lowest BCUT2D eigenvalue weighted by molar-refractivity contribution is 0.629. The Bertz CT molecular complexity index is 286. The zero-order valence-electron chi connectivity index (χ0n) is 9.20. The van der Waals surface area contributed by atoms with E-state index in [2.05, 4.69) is 36.8 Å². The van der Waals surface area contributed by atoms with E-state index in [1.807, 2.05) is 12.3 Å². The van der Waals surface area contributed by atoms with Gasteiger partial charge in [0.25, 0.3) is 0 Å². The minimum absolute atomic E-state index is 0.439. The van der Waals surface area contributed by atoms with Gasteiger partial charge >= 0.3 is 0 Å². The zero-order chi connectivity index (χ0) is 10.6. The first-order valence-electron chi connectivity index (χ1n) is 5.00. The van der Waals surface area contributed by atoms with Gasteiger partial charge in [-0.25, -0.2) is 4.98 Å². The Balaban J connectivity index is 2.73. The summed E-state index contributed by atoms with van der Waals surface area (Å²) in [5, 5.41) is 0. The van der Waals surface area contributed by atoms with E-state index in [1.54, 1.807) is 0 Å². The van der Waals surface area contributed by atoms with Crippen LogP contribution >= 0.6 is 0 Å². The van der Waals surface area contributed by atoms with Crippen LogP contribution in [0.25, 0.3) is 0 Å². The molecule has 0 aliphatic heterocycles. The topological polar surface area (TPSA) is 42.2 Å². The number of hydrogen-bond acceptors (Lipinski definition) is 3. The molecule has 0 spiro atoms. The predicted molar refractivity (Wildman–Crippen MR) is 60.5 cm³/mol. The lowest BCUT2D eigenvalue weighted by Crippen LogP contribution is -2.31. The molecule has 14 heavy (non-hydrogen) atoms. The normalized spacial score (nSPS) is 12.6. The maximum Gasteiger partial charge on any atom is 0.128 e. The number of pyridine rings is 1. The third kappa shape index (κ3) is 2.70. The van der Waals surface area contributed by atoms with Gasteiger partial charge in [0.05, 0.1) is 0 Å². The number of rotatable bonds is 4. The van der Waals surface area contributed by atoms with E-state index in [4.69, 9.17) is 5.73 Å². The summed E-state index contributed by atoms with van der Waals surface area (Å²) in [6.07, 6.45) is 2.84.